The molecule has 0 fully saturated rings. The van der Waals surface area contributed by atoms with Gasteiger partial charge in [-0.05, 0) is 36.8 Å². The molecule has 2 N–H and O–H groups in total. The van der Waals surface area contributed by atoms with E-state index in [1.54, 1.807) is 49.4 Å². The zero-order valence-corrected chi connectivity index (χ0v) is 16.7. The van der Waals surface area contributed by atoms with Gasteiger partial charge in [0.1, 0.15) is 23.9 Å². The van der Waals surface area contributed by atoms with Crippen LogP contribution in [-0.4, -0.2) is 30.5 Å². The quantitative estimate of drug-likeness (QED) is 0.594. The van der Waals surface area contributed by atoms with Gasteiger partial charge in [0.05, 0.1) is 13.0 Å². The Morgan fingerprint density at radius 1 is 1.13 bits per heavy atom. The number of aryl methyl sites for hydroxylation is 1. The minimum absolute atomic E-state index is 0.0426. The molecule has 0 saturated carbocycles. The van der Waals surface area contributed by atoms with Crippen LogP contribution in [0.15, 0.2) is 52.9 Å². The SMILES string of the molecule is COCC(=O)Nc1cccc(-c2nc(CNC(=O)Cc3ccccc3F)c(C)o2)c1. The largest absolute Gasteiger partial charge is 0.441 e. The number of amides is 2. The van der Waals surface area contributed by atoms with Crippen LogP contribution in [-0.2, 0) is 27.3 Å². The number of hydrogen-bond acceptors (Lipinski definition) is 5. The molecule has 3 rings (SSSR count). The van der Waals surface area contributed by atoms with Crippen LogP contribution >= 0.6 is 0 Å². The lowest BCUT2D eigenvalue weighted by Gasteiger charge is -2.05. The van der Waals surface area contributed by atoms with Gasteiger partial charge in [-0.2, -0.15) is 0 Å². The van der Waals surface area contributed by atoms with Crippen LogP contribution in [0.5, 0.6) is 0 Å². The second-order valence-corrected chi connectivity index (χ2v) is 6.63. The van der Waals surface area contributed by atoms with Gasteiger partial charge in [0.2, 0.25) is 17.7 Å². The molecule has 156 valence electrons. The van der Waals surface area contributed by atoms with Crippen molar-refractivity contribution in [2.24, 2.45) is 0 Å². The molecule has 1 aromatic heterocycles. The van der Waals surface area contributed by atoms with Crippen molar-refractivity contribution in [2.75, 3.05) is 19.0 Å². The van der Waals surface area contributed by atoms with Crippen LogP contribution < -0.4 is 10.6 Å². The number of rotatable bonds is 8. The maximum absolute atomic E-state index is 13.7. The summed E-state index contributed by atoms with van der Waals surface area (Å²) in [7, 11) is 1.45. The highest BCUT2D eigenvalue weighted by atomic mass is 19.1. The fourth-order valence-electron chi connectivity index (χ4n) is 2.83. The summed E-state index contributed by atoms with van der Waals surface area (Å²) in [5.74, 6) is -0.0628. The molecule has 3 aromatic rings. The maximum Gasteiger partial charge on any atom is 0.250 e. The first kappa shape index (κ1) is 21.2. The Hall–Kier alpha value is -3.52. The zero-order valence-electron chi connectivity index (χ0n) is 16.7. The molecule has 8 heteroatoms. The van der Waals surface area contributed by atoms with Crippen molar-refractivity contribution in [3.8, 4) is 11.5 Å². The zero-order chi connectivity index (χ0) is 21.5. The summed E-state index contributed by atoms with van der Waals surface area (Å²) in [5, 5.41) is 5.45. The van der Waals surface area contributed by atoms with E-state index in [4.69, 9.17) is 9.15 Å². The van der Waals surface area contributed by atoms with Gasteiger partial charge in [0, 0.05) is 18.4 Å². The molecule has 0 bridgehead atoms. The number of hydrogen-bond donors (Lipinski definition) is 2. The number of halogens is 1. The predicted molar refractivity (Wildman–Crippen MR) is 109 cm³/mol. The number of ether oxygens (including phenoxy) is 1. The summed E-state index contributed by atoms with van der Waals surface area (Å²) in [4.78, 5) is 28.3. The van der Waals surface area contributed by atoms with Crippen molar-refractivity contribution in [3.05, 3.63) is 71.4 Å². The van der Waals surface area contributed by atoms with E-state index in [9.17, 15) is 14.0 Å². The molecule has 0 unspecified atom stereocenters. The third-order valence-electron chi connectivity index (χ3n) is 4.32. The summed E-state index contributed by atoms with van der Waals surface area (Å²) in [5.41, 5.74) is 2.17. The van der Waals surface area contributed by atoms with Gasteiger partial charge in [-0.25, -0.2) is 9.37 Å². The highest BCUT2D eigenvalue weighted by Crippen LogP contribution is 2.24. The highest BCUT2D eigenvalue weighted by Gasteiger charge is 2.14. The average Bonchev–Trinajstić information content (AvgIpc) is 3.09. The Labute approximate surface area is 173 Å². The van der Waals surface area contributed by atoms with E-state index in [1.165, 1.54) is 13.2 Å². The molecule has 0 saturated heterocycles. The number of carbonyl (C=O) groups is 2. The number of carbonyl (C=O) groups excluding carboxylic acids is 2. The Morgan fingerprint density at radius 2 is 1.93 bits per heavy atom. The number of benzene rings is 2. The van der Waals surface area contributed by atoms with Crippen molar-refractivity contribution in [1.82, 2.24) is 10.3 Å². The van der Waals surface area contributed by atoms with E-state index in [1.807, 2.05) is 0 Å². The molecule has 0 radical (unpaired) electrons. The van der Waals surface area contributed by atoms with E-state index < -0.39 is 5.82 Å². The van der Waals surface area contributed by atoms with Gasteiger partial charge < -0.3 is 19.8 Å². The lowest BCUT2D eigenvalue weighted by Crippen LogP contribution is -2.25. The molecule has 0 atom stereocenters. The molecular weight excluding hydrogens is 389 g/mol. The standard InChI is InChI=1S/C22H22FN3O4/c1-14-19(12-24-20(27)11-15-6-3-4-9-18(15)23)26-22(30-14)16-7-5-8-17(10-16)25-21(28)13-29-2/h3-10H,11-13H2,1-2H3,(H,24,27)(H,25,28). The normalized spacial score (nSPS) is 10.6. The van der Waals surface area contributed by atoms with Gasteiger partial charge >= 0.3 is 0 Å². The Bertz CT molecular complexity index is 1050. The Balaban J connectivity index is 1.65. The Kier molecular flexibility index (Phi) is 6.92. The Morgan fingerprint density at radius 3 is 2.70 bits per heavy atom. The lowest BCUT2D eigenvalue weighted by atomic mass is 10.1. The smallest absolute Gasteiger partial charge is 0.250 e. The van der Waals surface area contributed by atoms with Crippen LogP contribution in [0.25, 0.3) is 11.5 Å². The molecule has 1 heterocycles. The molecule has 7 nitrogen and oxygen atoms in total. The first-order chi connectivity index (χ1) is 14.5. The molecule has 2 amide bonds. The lowest BCUT2D eigenvalue weighted by molar-refractivity contribution is -0.121. The van der Waals surface area contributed by atoms with Crippen LogP contribution in [0.3, 0.4) is 0 Å². The minimum Gasteiger partial charge on any atom is -0.441 e. The fourth-order valence-corrected chi connectivity index (χ4v) is 2.83. The van der Waals surface area contributed by atoms with Crippen molar-refractivity contribution in [1.29, 1.82) is 0 Å². The summed E-state index contributed by atoms with van der Waals surface area (Å²) < 4.78 is 24.2. The molecular formula is C22H22FN3O4. The molecule has 0 spiro atoms. The van der Waals surface area contributed by atoms with Gasteiger partial charge in [-0.3, -0.25) is 9.59 Å². The van der Waals surface area contributed by atoms with Crippen LogP contribution in [0.4, 0.5) is 10.1 Å². The van der Waals surface area contributed by atoms with Crippen LogP contribution in [0.2, 0.25) is 0 Å². The van der Waals surface area contributed by atoms with E-state index in [-0.39, 0.29) is 31.4 Å². The number of nitrogens with one attached hydrogen (secondary N) is 2. The van der Waals surface area contributed by atoms with Gasteiger partial charge in [0.25, 0.3) is 0 Å². The fraction of sp³-hybridized carbons (Fsp3) is 0.227. The third kappa shape index (κ3) is 5.51. The predicted octanol–water partition coefficient (Wildman–Crippen LogP) is 3.23. The topological polar surface area (TPSA) is 93.5 Å². The number of nitrogens with zero attached hydrogens (tertiary/aromatic N) is 1. The molecule has 0 aliphatic carbocycles. The van der Waals surface area contributed by atoms with Crippen molar-refractivity contribution < 1.29 is 23.1 Å². The second kappa shape index (κ2) is 9.80. The number of oxazole rings is 1. The van der Waals surface area contributed by atoms with Gasteiger partial charge in [-0.15, -0.1) is 0 Å². The van der Waals surface area contributed by atoms with Crippen LogP contribution in [0.1, 0.15) is 17.0 Å². The first-order valence-electron chi connectivity index (χ1n) is 9.32. The number of aromatic nitrogens is 1. The summed E-state index contributed by atoms with van der Waals surface area (Å²) in [6.45, 7) is 1.87. The maximum atomic E-state index is 13.7. The molecule has 30 heavy (non-hydrogen) atoms. The number of anilines is 1. The van der Waals surface area contributed by atoms with E-state index in [0.717, 1.165) is 0 Å². The van der Waals surface area contributed by atoms with Gasteiger partial charge in [-0.1, -0.05) is 24.3 Å². The first-order valence-corrected chi connectivity index (χ1v) is 9.32. The third-order valence-corrected chi connectivity index (χ3v) is 4.32. The average molecular weight is 411 g/mol. The minimum atomic E-state index is -0.412. The summed E-state index contributed by atoms with van der Waals surface area (Å²) >= 11 is 0. The van der Waals surface area contributed by atoms with Crippen molar-refractivity contribution >= 4 is 17.5 Å². The molecule has 0 aliphatic heterocycles. The molecule has 0 aliphatic rings. The molecule has 2 aromatic carbocycles. The van der Waals surface area contributed by atoms with Crippen molar-refractivity contribution in [2.45, 2.75) is 19.9 Å². The van der Waals surface area contributed by atoms with Crippen molar-refractivity contribution in [3.63, 3.8) is 0 Å². The van der Waals surface area contributed by atoms with Gasteiger partial charge in [0.15, 0.2) is 0 Å². The number of methoxy groups -OCH3 is 1. The summed E-state index contributed by atoms with van der Waals surface area (Å²) in [6, 6.07) is 13.2. The summed E-state index contributed by atoms with van der Waals surface area (Å²) in [6.07, 6.45) is -0.0559. The highest BCUT2D eigenvalue weighted by molar-refractivity contribution is 5.92. The van der Waals surface area contributed by atoms with Crippen LogP contribution in [0, 0.1) is 12.7 Å². The monoisotopic (exact) mass is 411 g/mol. The van der Waals surface area contributed by atoms with E-state index >= 15 is 0 Å². The van der Waals surface area contributed by atoms with E-state index in [0.29, 0.717) is 34.2 Å². The second-order valence-electron chi connectivity index (χ2n) is 6.63. The van der Waals surface area contributed by atoms with E-state index in [2.05, 4.69) is 15.6 Å².